The fraction of sp³-hybridized carbons (Fsp3) is 0. The smallest absolute Gasteiger partial charge is 0.101 e. The van der Waals surface area contributed by atoms with E-state index in [4.69, 9.17) is 5.26 Å². The van der Waals surface area contributed by atoms with Gasteiger partial charge in [-0.05, 0) is 17.7 Å². The van der Waals surface area contributed by atoms with Crippen molar-refractivity contribution in [1.29, 1.82) is 5.26 Å². The highest BCUT2D eigenvalue weighted by Gasteiger charge is 2.00. The van der Waals surface area contributed by atoms with Crippen molar-refractivity contribution in [3.05, 3.63) is 36.0 Å². The number of nitrogens with one attached hydrogen (secondary N) is 1. The van der Waals surface area contributed by atoms with Crippen LogP contribution in [-0.4, -0.2) is 4.98 Å². The number of H-pyrrole nitrogens is 1. The molecule has 0 saturated carbocycles. The van der Waals surface area contributed by atoms with Crippen molar-refractivity contribution >= 4 is 0 Å². The highest BCUT2D eigenvalue weighted by Crippen LogP contribution is 2.20. The summed E-state index contributed by atoms with van der Waals surface area (Å²) in [5.74, 6) is 0. The van der Waals surface area contributed by atoms with Crippen LogP contribution in [0.4, 0.5) is 0 Å². The second kappa shape index (κ2) is 2.14. The maximum atomic E-state index is 8.56. The van der Waals surface area contributed by atoms with Crippen LogP contribution >= 0.6 is 0 Å². The van der Waals surface area contributed by atoms with E-state index in [1.165, 1.54) is 0 Å². The van der Waals surface area contributed by atoms with Crippen LogP contribution in [0.15, 0.2) is 30.5 Å². The average molecular weight is 142 g/mol. The number of pyridine rings is 1. The topological polar surface area (TPSA) is 39.6 Å². The molecule has 0 fully saturated rings. The van der Waals surface area contributed by atoms with Crippen molar-refractivity contribution in [1.82, 2.24) is 4.98 Å². The van der Waals surface area contributed by atoms with Crippen LogP contribution in [0.3, 0.4) is 0 Å². The number of fused-ring (bicyclic) bond motifs is 1. The van der Waals surface area contributed by atoms with Crippen LogP contribution in [0, 0.1) is 11.3 Å². The molecule has 0 amide bonds. The van der Waals surface area contributed by atoms with Crippen molar-refractivity contribution in [2.75, 3.05) is 0 Å². The van der Waals surface area contributed by atoms with Crippen LogP contribution in [0.25, 0.3) is 11.3 Å². The minimum Gasteiger partial charge on any atom is -0.360 e. The SMILES string of the molecule is N#Cc1c[nH]c2cccc-2c1. The van der Waals surface area contributed by atoms with E-state index < -0.39 is 0 Å². The molecule has 0 radical (unpaired) electrons. The summed E-state index contributed by atoms with van der Waals surface area (Å²) in [7, 11) is 0. The molecule has 0 atom stereocenters. The lowest BCUT2D eigenvalue weighted by Crippen LogP contribution is -1.82. The van der Waals surface area contributed by atoms with Gasteiger partial charge < -0.3 is 4.98 Å². The third kappa shape index (κ3) is 0.870. The zero-order chi connectivity index (χ0) is 7.68. The van der Waals surface area contributed by atoms with Crippen molar-refractivity contribution in [2.24, 2.45) is 0 Å². The summed E-state index contributed by atoms with van der Waals surface area (Å²) in [5.41, 5.74) is 2.83. The van der Waals surface area contributed by atoms with Gasteiger partial charge in [0.25, 0.3) is 0 Å². The summed E-state index contributed by atoms with van der Waals surface area (Å²) in [6.45, 7) is 0. The second-order valence-corrected chi connectivity index (χ2v) is 2.39. The van der Waals surface area contributed by atoms with Crippen molar-refractivity contribution in [2.45, 2.75) is 0 Å². The maximum Gasteiger partial charge on any atom is 0.101 e. The molecule has 0 spiro atoms. The predicted molar refractivity (Wildman–Crippen MR) is 42.1 cm³/mol. The highest BCUT2D eigenvalue weighted by atomic mass is 14.7. The fourth-order valence-corrected chi connectivity index (χ4v) is 1.12. The molecule has 0 unspecified atom stereocenters. The third-order valence-corrected chi connectivity index (χ3v) is 1.67. The normalized spacial score (nSPS) is 9.73. The van der Waals surface area contributed by atoms with Gasteiger partial charge in [-0.2, -0.15) is 5.26 Å². The third-order valence-electron chi connectivity index (χ3n) is 1.67. The van der Waals surface area contributed by atoms with E-state index in [1.807, 2.05) is 24.3 Å². The Labute approximate surface area is 64.4 Å². The molecule has 0 bridgehead atoms. The number of aromatic nitrogens is 1. The molecule has 2 rings (SSSR count). The van der Waals surface area contributed by atoms with Gasteiger partial charge in [0.15, 0.2) is 0 Å². The van der Waals surface area contributed by atoms with E-state index >= 15 is 0 Å². The lowest BCUT2D eigenvalue weighted by molar-refractivity contribution is 1.31. The van der Waals surface area contributed by atoms with Gasteiger partial charge in [-0.15, -0.1) is 0 Å². The monoisotopic (exact) mass is 142 g/mol. The Balaban J connectivity index is 2.71. The van der Waals surface area contributed by atoms with Gasteiger partial charge in [-0.1, -0.05) is 12.1 Å². The molecular weight excluding hydrogens is 136 g/mol. The van der Waals surface area contributed by atoms with E-state index in [9.17, 15) is 0 Å². The Morgan fingerprint density at radius 1 is 1.36 bits per heavy atom. The molecule has 0 aromatic carbocycles. The molecule has 11 heavy (non-hydrogen) atoms. The first-order chi connectivity index (χ1) is 5.40. The lowest BCUT2D eigenvalue weighted by Gasteiger charge is -1.97. The molecule has 1 heterocycles. The van der Waals surface area contributed by atoms with Crippen LogP contribution in [0.1, 0.15) is 5.56 Å². The van der Waals surface area contributed by atoms with E-state index in [0.717, 1.165) is 11.3 Å². The molecule has 1 aliphatic carbocycles. The molecule has 0 aromatic rings. The van der Waals surface area contributed by atoms with Gasteiger partial charge in [-0.25, -0.2) is 0 Å². The van der Waals surface area contributed by atoms with Gasteiger partial charge in [0, 0.05) is 11.9 Å². The number of hydrogen-bond donors (Lipinski definition) is 1. The standard InChI is InChI=1S/C9H6N2/c10-5-7-4-8-2-1-3-9(8)11-6-7/h1-4,6,11H. The van der Waals surface area contributed by atoms with Gasteiger partial charge in [0.05, 0.1) is 5.56 Å². The molecule has 0 saturated heterocycles. The van der Waals surface area contributed by atoms with Gasteiger partial charge in [-0.3, -0.25) is 0 Å². The Bertz CT molecular complexity index is 381. The summed E-state index contributed by atoms with van der Waals surface area (Å²) in [4.78, 5) is 3.03. The van der Waals surface area contributed by atoms with Crippen LogP contribution in [0.5, 0.6) is 0 Å². The van der Waals surface area contributed by atoms with Crippen LogP contribution < -0.4 is 0 Å². The number of nitrogens with zero attached hydrogens (tertiary/aromatic N) is 1. The molecule has 52 valence electrons. The maximum absolute atomic E-state index is 8.56. The van der Waals surface area contributed by atoms with E-state index in [-0.39, 0.29) is 0 Å². The zero-order valence-corrected chi connectivity index (χ0v) is 5.83. The van der Waals surface area contributed by atoms with E-state index in [0.29, 0.717) is 5.56 Å². The summed E-state index contributed by atoms with van der Waals surface area (Å²) in [6, 6.07) is 9.87. The summed E-state index contributed by atoms with van der Waals surface area (Å²) in [5, 5.41) is 8.56. The van der Waals surface area contributed by atoms with Gasteiger partial charge in [0.2, 0.25) is 0 Å². The molecule has 2 aliphatic rings. The van der Waals surface area contributed by atoms with Crippen molar-refractivity contribution < 1.29 is 0 Å². The summed E-state index contributed by atoms with van der Waals surface area (Å²) < 4.78 is 0. The van der Waals surface area contributed by atoms with Crippen LogP contribution in [-0.2, 0) is 0 Å². The first-order valence-corrected chi connectivity index (χ1v) is 3.37. The first kappa shape index (κ1) is 5.99. The van der Waals surface area contributed by atoms with E-state index in [1.54, 1.807) is 6.20 Å². The van der Waals surface area contributed by atoms with Crippen LogP contribution in [0.2, 0.25) is 0 Å². The molecular formula is C9H6N2. The van der Waals surface area contributed by atoms with Gasteiger partial charge in [0.1, 0.15) is 6.07 Å². The minimum atomic E-state index is 0.670. The number of hydrogen-bond acceptors (Lipinski definition) is 1. The summed E-state index contributed by atoms with van der Waals surface area (Å²) in [6.07, 6.45) is 1.71. The number of rotatable bonds is 0. The quantitative estimate of drug-likeness (QED) is 0.600. The largest absolute Gasteiger partial charge is 0.360 e. The van der Waals surface area contributed by atoms with Crippen molar-refractivity contribution in [3.8, 4) is 17.3 Å². The zero-order valence-electron chi connectivity index (χ0n) is 5.83. The number of nitriles is 1. The minimum absolute atomic E-state index is 0.670. The highest BCUT2D eigenvalue weighted by molar-refractivity contribution is 5.63. The second-order valence-electron chi connectivity index (χ2n) is 2.39. The molecule has 1 aliphatic heterocycles. The molecule has 2 nitrogen and oxygen atoms in total. The van der Waals surface area contributed by atoms with Crippen molar-refractivity contribution in [3.63, 3.8) is 0 Å². The Morgan fingerprint density at radius 3 is 3.09 bits per heavy atom. The lowest BCUT2D eigenvalue weighted by atomic mass is 10.2. The van der Waals surface area contributed by atoms with Gasteiger partial charge >= 0.3 is 0 Å². The Kier molecular flexibility index (Phi) is 1.16. The molecule has 1 N–H and O–H groups in total. The average Bonchev–Trinajstić information content (AvgIpc) is 2.50. The fourth-order valence-electron chi connectivity index (χ4n) is 1.12. The molecule has 0 aromatic heterocycles. The predicted octanol–water partition coefficient (Wildman–Crippen LogP) is 1.99. The summed E-state index contributed by atoms with van der Waals surface area (Å²) >= 11 is 0. The Hall–Kier alpha value is -1.75. The molecule has 2 heteroatoms. The first-order valence-electron chi connectivity index (χ1n) is 3.37. The number of aromatic amines is 1. The van der Waals surface area contributed by atoms with E-state index in [2.05, 4.69) is 11.1 Å². The Morgan fingerprint density at radius 2 is 2.27 bits per heavy atom.